The molecule has 11 nitrogen and oxygen atoms in total. The molecule has 0 spiro atoms. The van der Waals surface area contributed by atoms with Gasteiger partial charge < -0.3 is 44.9 Å². The highest BCUT2D eigenvalue weighted by molar-refractivity contribution is 7.99. The van der Waals surface area contributed by atoms with Crippen molar-refractivity contribution in [3.63, 3.8) is 0 Å². The zero-order valence-corrected chi connectivity index (χ0v) is 29.9. The molecule has 5 atom stereocenters. The van der Waals surface area contributed by atoms with Crippen molar-refractivity contribution < 1.29 is 43.5 Å². The van der Waals surface area contributed by atoms with Crippen molar-refractivity contribution in [3.8, 4) is 11.5 Å². The van der Waals surface area contributed by atoms with E-state index in [4.69, 9.17) is 29.4 Å². The van der Waals surface area contributed by atoms with Crippen LogP contribution in [0.4, 0.5) is 10.5 Å². The first-order valence-corrected chi connectivity index (χ1v) is 16.7. The maximum absolute atomic E-state index is 13.3. The molecule has 0 saturated heterocycles. The highest BCUT2D eigenvalue weighted by atomic mass is 32.2. The molecule has 0 aromatic heterocycles. The monoisotopic (exact) mass is 676 g/mol. The molecule has 1 heterocycles. The zero-order valence-electron chi connectivity index (χ0n) is 29.0. The Balaban J connectivity index is 2.86. The van der Waals surface area contributed by atoms with Crippen molar-refractivity contribution in [2.45, 2.75) is 89.6 Å². The number of phenols is 2. The Morgan fingerprint density at radius 3 is 2.36 bits per heavy atom. The first-order chi connectivity index (χ1) is 22.3. The van der Waals surface area contributed by atoms with Crippen LogP contribution in [0.15, 0.2) is 52.0 Å². The highest BCUT2D eigenvalue weighted by Crippen LogP contribution is 2.47. The number of rotatable bonds is 10. The normalized spacial score (nSPS) is 23.2. The van der Waals surface area contributed by atoms with Gasteiger partial charge in [0, 0.05) is 45.3 Å². The Labute approximate surface area is 283 Å². The average Bonchev–Trinajstić information content (AvgIpc) is 3.02. The van der Waals surface area contributed by atoms with Crippen LogP contribution in [0.2, 0.25) is 0 Å². The standard InChI is InChI=1S/C35H52N2O9S/c1-10-11-12-16-47-33-25(38)19-24-29(39)28(33)32(45-9)23(5)18-27(43-7)30(44-8)21(3)17-22(4)31(46-35(36)41)26(42-6)15-13-14-20(2)34(40)37-24/h13-15,17,19,21,26-27,30-31,38-39H,10-12,16,18H2,1-9H3,(H2,36,41)(H,37,40). The predicted molar refractivity (Wildman–Crippen MR) is 186 cm³/mol. The number of primary amides is 1. The molecule has 1 aromatic carbocycles. The number of fused-ring (bicyclic) bond motifs is 2. The van der Waals surface area contributed by atoms with E-state index in [0.717, 1.165) is 24.8 Å². The maximum atomic E-state index is 13.3. The Hall–Kier alpha value is -3.45. The van der Waals surface area contributed by atoms with E-state index in [1.165, 1.54) is 32.0 Å². The fraction of sp³-hybridized carbons (Fsp3) is 0.543. The zero-order chi connectivity index (χ0) is 35.3. The number of methoxy groups -OCH3 is 4. The van der Waals surface area contributed by atoms with E-state index in [-0.39, 0.29) is 28.7 Å². The molecule has 47 heavy (non-hydrogen) atoms. The molecule has 0 radical (unpaired) electrons. The summed E-state index contributed by atoms with van der Waals surface area (Å²) in [6, 6.07) is 1.34. The largest absolute Gasteiger partial charge is 0.507 e. The summed E-state index contributed by atoms with van der Waals surface area (Å²) in [5.41, 5.74) is 7.42. The van der Waals surface area contributed by atoms with Gasteiger partial charge in [-0.05, 0) is 44.1 Å². The number of hydrogen-bond donors (Lipinski definition) is 4. The summed E-state index contributed by atoms with van der Waals surface area (Å²) in [6.45, 7) is 9.35. The van der Waals surface area contributed by atoms with Crippen LogP contribution in [0.3, 0.4) is 0 Å². The van der Waals surface area contributed by atoms with Crippen LogP contribution in [0.1, 0.15) is 65.9 Å². The van der Waals surface area contributed by atoms with E-state index in [2.05, 4.69) is 12.2 Å². The minimum absolute atomic E-state index is 0.0219. The van der Waals surface area contributed by atoms with Gasteiger partial charge in [0.25, 0.3) is 5.91 Å². The smallest absolute Gasteiger partial charge is 0.405 e. The number of ether oxygens (including phenoxy) is 5. The van der Waals surface area contributed by atoms with Crippen LogP contribution in [0, 0.1) is 5.92 Å². The Kier molecular flexibility index (Phi) is 16.4. The minimum atomic E-state index is -0.964. The number of hydrogen-bond acceptors (Lipinski definition) is 10. The van der Waals surface area contributed by atoms with Crippen LogP contribution >= 0.6 is 11.8 Å². The second-order valence-electron chi connectivity index (χ2n) is 11.6. The van der Waals surface area contributed by atoms with Gasteiger partial charge in [0.2, 0.25) is 0 Å². The minimum Gasteiger partial charge on any atom is -0.507 e. The third kappa shape index (κ3) is 10.8. The van der Waals surface area contributed by atoms with Gasteiger partial charge in [-0.3, -0.25) is 4.79 Å². The summed E-state index contributed by atoms with van der Waals surface area (Å²) < 4.78 is 28.9. The number of unbranched alkanes of at least 4 members (excludes halogenated alkanes) is 2. The van der Waals surface area contributed by atoms with Gasteiger partial charge in [-0.2, -0.15) is 0 Å². The van der Waals surface area contributed by atoms with Gasteiger partial charge >= 0.3 is 6.09 Å². The first kappa shape index (κ1) is 39.7. The molecule has 1 aromatic rings. The summed E-state index contributed by atoms with van der Waals surface area (Å²) in [5.74, 6) is -0.0263. The first-order valence-electron chi connectivity index (χ1n) is 15.7. The summed E-state index contributed by atoms with van der Waals surface area (Å²) in [5, 5.41) is 25.6. The number of carbonyl (C=O) groups excluding carboxylic acids is 2. The molecule has 0 saturated carbocycles. The number of thioether (sulfide) groups is 1. The molecule has 0 aliphatic carbocycles. The molecule has 2 amide bonds. The highest BCUT2D eigenvalue weighted by Gasteiger charge is 2.31. The quantitative estimate of drug-likeness (QED) is 0.0691. The molecule has 2 rings (SSSR count). The van der Waals surface area contributed by atoms with E-state index < -0.39 is 36.4 Å². The second kappa shape index (κ2) is 19.4. The number of amides is 2. The van der Waals surface area contributed by atoms with E-state index in [9.17, 15) is 19.8 Å². The molecule has 2 bridgehead atoms. The summed E-state index contributed by atoms with van der Waals surface area (Å²) in [7, 11) is 6.15. The molecule has 5 N–H and O–H groups in total. The summed E-state index contributed by atoms with van der Waals surface area (Å²) in [6.07, 6.45) is 6.55. The van der Waals surface area contributed by atoms with E-state index >= 15 is 0 Å². The number of benzene rings is 1. The molecule has 1 aliphatic rings. The number of carbonyl (C=O) groups is 2. The fourth-order valence-electron chi connectivity index (χ4n) is 5.60. The molecular formula is C35H52N2O9S. The van der Waals surface area contributed by atoms with Gasteiger partial charge in [-0.1, -0.05) is 51.0 Å². The Morgan fingerprint density at radius 2 is 1.79 bits per heavy atom. The number of nitrogens with one attached hydrogen (secondary N) is 1. The number of allylic oxidation sites excluding steroid dienone is 2. The lowest BCUT2D eigenvalue weighted by atomic mass is 9.91. The molecule has 262 valence electrons. The van der Waals surface area contributed by atoms with Crippen molar-refractivity contribution in [2.24, 2.45) is 11.7 Å². The Bertz CT molecular complexity index is 1350. The van der Waals surface area contributed by atoms with Gasteiger partial charge in [0.1, 0.15) is 17.6 Å². The lowest BCUT2D eigenvalue weighted by molar-refractivity contribution is -0.112. The van der Waals surface area contributed by atoms with Gasteiger partial charge in [-0.15, -0.1) is 11.8 Å². The average molecular weight is 677 g/mol. The number of aromatic hydroxyl groups is 2. The lowest BCUT2D eigenvalue weighted by Gasteiger charge is -2.31. The van der Waals surface area contributed by atoms with Crippen LogP contribution in [0.5, 0.6) is 11.5 Å². The molecule has 1 aliphatic heterocycles. The number of nitrogens with two attached hydrogens (primary N) is 1. The summed E-state index contributed by atoms with van der Waals surface area (Å²) >= 11 is 1.42. The molecule has 0 fully saturated rings. The predicted octanol–water partition coefficient (Wildman–Crippen LogP) is 6.69. The van der Waals surface area contributed by atoms with Crippen LogP contribution < -0.4 is 11.1 Å². The lowest BCUT2D eigenvalue weighted by Crippen LogP contribution is -2.37. The van der Waals surface area contributed by atoms with E-state index in [1.54, 1.807) is 39.4 Å². The maximum Gasteiger partial charge on any atom is 0.405 e. The van der Waals surface area contributed by atoms with E-state index in [0.29, 0.717) is 34.0 Å². The second-order valence-corrected chi connectivity index (χ2v) is 12.7. The molecule has 5 unspecified atom stereocenters. The van der Waals surface area contributed by atoms with Gasteiger partial charge in [-0.25, -0.2) is 4.79 Å². The SMILES string of the molecule is CCCCCSc1c(O)cc2c(O)c1C(OC)=C(C)CC(OC)C(OC)C(C)C=C(C)C(OC(N)=O)C(OC)C=CC=C(C)C(=O)N2. The van der Waals surface area contributed by atoms with Crippen LogP contribution in [-0.4, -0.2) is 80.8 Å². The van der Waals surface area contributed by atoms with Gasteiger partial charge in [0.05, 0.1) is 35.5 Å². The number of anilines is 1. The van der Waals surface area contributed by atoms with Crippen LogP contribution in [0.25, 0.3) is 5.76 Å². The third-order valence-electron chi connectivity index (χ3n) is 8.05. The van der Waals surface area contributed by atoms with Crippen molar-refractivity contribution >= 4 is 35.2 Å². The van der Waals surface area contributed by atoms with Crippen molar-refractivity contribution in [3.05, 3.63) is 52.7 Å². The van der Waals surface area contributed by atoms with Gasteiger partial charge in [0.15, 0.2) is 11.9 Å². The topological polar surface area (TPSA) is 159 Å². The summed E-state index contributed by atoms with van der Waals surface area (Å²) in [4.78, 5) is 25.6. The van der Waals surface area contributed by atoms with Crippen LogP contribution in [-0.2, 0) is 28.5 Å². The molecular weight excluding hydrogens is 624 g/mol. The Morgan fingerprint density at radius 1 is 1.09 bits per heavy atom. The van der Waals surface area contributed by atoms with Crippen molar-refractivity contribution in [1.82, 2.24) is 0 Å². The fourth-order valence-corrected chi connectivity index (χ4v) is 6.69. The number of phenolic OH excluding ortho intramolecular Hbond substituents is 2. The van der Waals surface area contributed by atoms with Crippen molar-refractivity contribution in [2.75, 3.05) is 39.5 Å². The molecule has 12 heteroatoms. The van der Waals surface area contributed by atoms with E-state index in [1.807, 2.05) is 26.8 Å². The third-order valence-corrected chi connectivity index (χ3v) is 9.25. The van der Waals surface area contributed by atoms with Crippen molar-refractivity contribution in [1.29, 1.82) is 0 Å².